The van der Waals surface area contributed by atoms with Crippen molar-refractivity contribution >= 4 is 16.8 Å². The quantitative estimate of drug-likeness (QED) is 0.467. The van der Waals surface area contributed by atoms with E-state index in [-0.39, 0.29) is 30.4 Å². The largest absolute Gasteiger partial charge is 0.330 e. The summed E-state index contributed by atoms with van der Waals surface area (Å²) in [5, 5.41) is 0.904. The highest BCUT2D eigenvalue weighted by Crippen LogP contribution is 2.20. The molecular formula is C26H22F2N2O2. The smallest absolute Gasteiger partial charge is 0.254 e. The summed E-state index contributed by atoms with van der Waals surface area (Å²) in [6, 6.07) is 16.8. The molecule has 0 saturated heterocycles. The molecule has 32 heavy (non-hydrogen) atoms. The van der Waals surface area contributed by atoms with E-state index >= 15 is 0 Å². The van der Waals surface area contributed by atoms with Gasteiger partial charge in [0.05, 0.1) is 6.54 Å². The van der Waals surface area contributed by atoms with Gasteiger partial charge in [0.25, 0.3) is 11.5 Å². The minimum atomic E-state index is -0.441. The third-order valence-corrected chi connectivity index (χ3v) is 5.42. The first-order valence-corrected chi connectivity index (χ1v) is 10.2. The molecule has 3 aromatic carbocycles. The van der Waals surface area contributed by atoms with E-state index in [9.17, 15) is 18.4 Å². The van der Waals surface area contributed by atoms with E-state index in [0.29, 0.717) is 16.7 Å². The second-order valence-electron chi connectivity index (χ2n) is 7.96. The van der Waals surface area contributed by atoms with Crippen LogP contribution in [0.25, 0.3) is 10.9 Å². The molecule has 0 radical (unpaired) electrons. The first-order chi connectivity index (χ1) is 15.3. The number of hydrogen-bond donors (Lipinski definition) is 1. The van der Waals surface area contributed by atoms with Gasteiger partial charge in [-0.15, -0.1) is 0 Å². The third kappa shape index (κ3) is 4.59. The van der Waals surface area contributed by atoms with Crippen molar-refractivity contribution in [2.45, 2.75) is 26.9 Å². The molecule has 1 heterocycles. The molecule has 0 aliphatic heterocycles. The number of amides is 1. The number of nitrogens with zero attached hydrogens (tertiary/aromatic N) is 1. The Labute approximate surface area is 184 Å². The van der Waals surface area contributed by atoms with Crippen LogP contribution >= 0.6 is 0 Å². The second-order valence-corrected chi connectivity index (χ2v) is 7.96. The zero-order valence-corrected chi connectivity index (χ0v) is 17.8. The average Bonchev–Trinajstić information content (AvgIpc) is 2.75. The standard InChI is InChI=1S/C26H22F2N2O2/c1-16-11-17(2)23-13-20(25(31)29-24(23)12-16)15-30(14-18-3-7-21(27)8-4-18)26(32)19-5-9-22(28)10-6-19/h3-13H,14-15H2,1-2H3,(H,29,31). The molecule has 6 heteroatoms. The lowest BCUT2D eigenvalue weighted by Gasteiger charge is -2.23. The maximum atomic E-state index is 13.3. The molecule has 0 spiro atoms. The van der Waals surface area contributed by atoms with Gasteiger partial charge in [-0.1, -0.05) is 18.2 Å². The summed E-state index contributed by atoms with van der Waals surface area (Å²) in [5.41, 5.74) is 3.98. The van der Waals surface area contributed by atoms with Crippen LogP contribution in [0.5, 0.6) is 0 Å². The first kappa shape index (κ1) is 21.4. The molecule has 0 bridgehead atoms. The Morgan fingerprint density at radius 3 is 2.16 bits per heavy atom. The lowest BCUT2D eigenvalue weighted by atomic mass is 10.0. The number of hydrogen-bond acceptors (Lipinski definition) is 2. The monoisotopic (exact) mass is 432 g/mol. The van der Waals surface area contributed by atoms with Crippen LogP contribution in [0.2, 0.25) is 0 Å². The van der Waals surface area contributed by atoms with Crippen LogP contribution in [-0.4, -0.2) is 15.8 Å². The van der Waals surface area contributed by atoms with Crippen LogP contribution in [0.4, 0.5) is 8.78 Å². The summed E-state index contributed by atoms with van der Waals surface area (Å²) in [7, 11) is 0. The molecule has 1 N–H and O–H groups in total. The van der Waals surface area contributed by atoms with Crippen LogP contribution in [0.15, 0.2) is 71.5 Å². The van der Waals surface area contributed by atoms with Crippen LogP contribution in [0.1, 0.15) is 32.6 Å². The summed E-state index contributed by atoms with van der Waals surface area (Å²) in [6.45, 7) is 4.15. The van der Waals surface area contributed by atoms with E-state index in [2.05, 4.69) is 4.98 Å². The molecule has 0 saturated carbocycles. The van der Waals surface area contributed by atoms with E-state index in [4.69, 9.17) is 0 Å². The summed E-state index contributed by atoms with van der Waals surface area (Å²) >= 11 is 0. The third-order valence-electron chi connectivity index (χ3n) is 5.42. The van der Waals surface area contributed by atoms with Crippen LogP contribution in [0, 0.1) is 25.5 Å². The molecule has 0 atom stereocenters. The van der Waals surface area contributed by atoms with Crippen LogP contribution in [-0.2, 0) is 13.1 Å². The van der Waals surface area contributed by atoms with Crippen LogP contribution in [0.3, 0.4) is 0 Å². The highest BCUT2D eigenvalue weighted by molar-refractivity contribution is 5.94. The maximum Gasteiger partial charge on any atom is 0.254 e. The number of carbonyl (C=O) groups is 1. The Bertz CT molecular complexity index is 1340. The van der Waals surface area contributed by atoms with Gasteiger partial charge in [-0.05, 0) is 79.1 Å². The van der Waals surface area contributed by atoms with Crippen molar-refractivity contribution in [3.05, 3.63) is 117 Å². The summed E-state index contributed by atoms with van der Waals surface area (Å²) in [5.74, 6) is -1.17. The number of aromatic amines is 1. The van der Waals surface area contributed by atoms with Gasteiger partial charge in [-0.2, -0.15) is 0 Å². The van der Waals surface area contributed by atoms with Crippen LogP contribution < -0.4 is 5.56 Å². The first-order valence-electron chi connectivity index (χ1n) is 10.2. The number of H-pyrrole nitrogens is 1. The number of halogens is 2. The normalized spacial score (nSPS) is 11.0. The molecule has 0 fully saturated rings. The fraction of sp³-hybridized carbons (Fsp3) is 0.154. The van der Waals surface area contributed by atoms with Gasteiger partial charge in [0.2, 0.25) is 0 Å². The molecule has 1 amide bonds. The zero-order valence-electron chi connectivity index (χ0n) is 17.8. The Morgan fingerprint density at radius 2 is 1.50 bits per heavy atom. The van der Waals surface area contributed by atoms with Gasteiger partial charge >= 0.3 is 0 Å². The molecule has 4 nitrogen and oxygen atoms in total. The predicted molar refractivity (Wildman–Crippen MR) is 120 cm³/mol. The van der Waals surface area contributed by atoms with Crippen molar-refractivity contribution in [3.8, 4) is 0 Å². The second kappa shape index (κ2) is 8.75. The minimum Gasteiger partial charge on any atom is -0.330 e. The average molecular weight is 432 g/mol. The van der Waals surface area contributed by atoms with Gasteiger partial charge in [0.15, 0.2) is 0 Å². The number of rotatable bonds is 5. The van der Waals surface area contributed by atoms with Crippen molar-refractivity contribution in [2.75, 3.05) is 0 Å². The highest BCUT2D eigenvalue weighted by Gasteiger charge is 2.19. The van der Waals surface area contributed by atoms with E-state index in [1.54, 1.807) is 18.2 Å². The van der Waals surface area contributed by atoms with E-state index < -0.39 is 5.82 Å². The van der Waals surface area contributed by atoms with Gasteiger partial charge < -0.3 is 9.88 Å². The maximum absolute atomic E-state index is 13.3. The molecule has 162 valence electrons. The predicted octanol–water partition coefficient (Wildman–Crippen LogP) is 5.27. The number of aromatic nitrogens is 1. The summed E-state index contributed by atoms with van der Waals surface area (Å²) in [6.07, 6.45) is 0. The molecular weight excluding hydrogens is 410 g/mol. The fourth-order valence-electron chi connectivity index (χ4n) is 3.82. The number of nitrogens with one attached hydrogen (secondary N) is 1. The van der Waals surface area contributed by atoms with E-state index in [1.807, 2.05) is 26.0 Å². The molecule has 1 aromatic heterocycles. The minimum absolute atomic E-state index is 0.0478. The summed E-state index contributed by atoms with van der Waals surface area (Å²) < 4.78 is 26.7. The molecule has 0 aliphatic carbocycles. The lowest BCUT2D eigenvalue weighted by Crippen LogP contribution is -2.32. The van der Waals surface area contributed by atoms with Crippen molar-refractivity contribution < 1.29 is 13.6 Å². The highest BCUT2D eigenvalue weighted by atomic mass is 19.1. The SMILES string of the molecule is Cc1cc(C)c2cc(CN(Cc3ccc(F)cc3)C(=O)c3ccc(F)cc3)c(=O)[nH]c2c1. The van der Waals surface area contributed by atoms with Crippen molar-refractivity contribution in [3.63, 3.8) is 0 Å². The molecule has 4 aromatic rings. The van der Waals surface area contributed by atoms with Gasteiger partial charge in [0, 0.05) is 28.6 Å². The number of fused-ring (bicyclic) bond motifs is 1. The van der Waals surface area contributed by atoms with E-state index in [0.717, 1.165) is 22.0 Å². The Kier molecular flexibility index (Phi) is 5.86. The topological polar surface area (TPSA) is 53.2 Å². The summed E-state index contributed by atoms with van der Waals surface area (Å²) in [4.78, 5) is 30.4. The zero-order chi connectivity index (χ0) is 22.8. The van der Waals surface area contributed by atoms with Crippen molar-refractivity contribution in [2.24, 2.45) is 0 Å². The fourth-order valence-corrected chi connectivity index (χ4v) is 3.82. The number of benzene rings is 3. The molecule has 0 aliphatic rings. The van der Waals surface area contributed by atoms with E-state index in [1.165, 1.54) is 41.3 Å². The molecule has 0 unspecified atom stereocenters. The Hall–Kier alpha value is -3.80. The van der Waals surface area contributed by atoms with Gasteiger partial charge in [-0.25, -0.2) is 8.78 Å². The molecule has 4 rings (SSSR count). The number of pyridine rings is 1. The number of aryl methyl sites for hydroxylation is 2. The van der Waals surface area contributed by atoms with Crippen molar-refractivity contribution in [1.82, 2.24) is 9.88 Å². The van der Waals surface area contributed by atoms with Crippen molar-refractivity contribution in [1.29, 1.82) is 0 Å². The van der Waals surface area contributed by atoms with Gasteiger partial charge in [-0.3, -0.25) is 9.59 Å². The van der Waals surface area contributed by atoms with Gasteiger partial charge in [0.1, 0.15) is 11.6 Å². The Balaban J connectivity index is 1.73. The lowest BCUT2D eigenvalue weighted by molar-refractivity contribution is 0.0729. The Morgan fingerprint density at radius 1 is 0.875 bits per heavy atom. The number of carbonyl (C=O) groups excluding carboxylic acids is 1.